The number of benzene rings is 2. The van der Waals surface area contributed by atoms with Crippen LogP contribution in [0.15, 0.2) is 72.6 Å². The molecule has 0 spiro atoms. The predicted molar refractivity (Wildman–Crippen MR) is 132 cm³/mol. The first-order valence-corrected chi connectivity index (χ1v) is 11.9. The fraction of sp³-hybridized carbons (Fsp3) is 0.250. The van der Waals surface area contributed by atoms with Crippen molar-refractivity contribution in [2.75, 3.05) is 19.8 Å². The molecule has 0 bridgehead atoms. The second-order valence-electron chi connectivity index (χ2n) is 8.56. The van der Waals surface area contributed by atoms with E-state index in [2.05, 4.69) is 4.98 Å². The zero-order chi connectivity index (χ0) is 25.1. The molecule has 3 heterocycles. The van der Waals surface area contributed by atoms with Gasteiger partial charge in [-0.25, -0.2) is 0 Å². The first kappa shape index (κ1) is 23.4. The lowest BCUT2D eigenvalue weighted by Gasteiger charge is -2.25. The van der Waals surface area contributed by atoms with Crippen molar-refractivity contribution < 1.29 is 28.9 Å². The Kier molecular flexibility index (Phi) is 6.58. The summed E-state index contributed by atoms with van der Waals surface area (Å²) in [4.78, 5) is 32.1. The maximum atomic E-state index is 13.3. The number of aromatic nitrogens is 1. The number of fused-ring (bicyclic) bond motifs is 1. The highest BCUT2D eigenvalue weighted by Gasteiger charge is 2.46. The average molecular weight is 487 g/mol. The minimum atomic E-state index is -0.793. The SMILES string of the molecule is CCCOc1ccc(C2/C(=C(/O)c3ccc4c(c3)OCCO4)C(=O)C(=O)N2Cc2cccnc2)cc1. The van der Waals surface area contributed by atoms with Crippen molar-refractivity contribution in [3.8, 4) is 17.2 Å². The number of hydrogen-bond acceptors (Lipinski definition) is 7. The zero-order valence-electron chi connectivity index (χ0n) is 19.8. The van der Waals surface area contributed by atoms with E-state index in [-0.39, 0.29) is 17.9 Å². The molecule has 3 aromatic rings. The van der Waals surface area contributed by atoms with Crippen molar-refractivity contribution in [3.05, 3.63) is 89.3 Å². The van der Waals surface area contributed by atoms with Gasteiger partial charge in [-0.15, -0.1) is 0 Å². The van der Waals surface area contributed by atoms with E-state index in [1.807, 2.05) is 25.1 Å². The van der Waals surface area contributed by atoms with E-state index in [0.717, 1.165) is 12.0 Å². The lowest BCUT2D eigenvalue weighted by atomic mass is 9.95. The summed E-state index contributed by atoms with van der Waals surface area (Å²) >= 11 is 0. The fourth-order valence-electron chi connectivity index (χ4n) is 4.39. The zero-order valence-corrected chi connectivity index (χ0v) is 19.8. The van der Waals surface area contributed by atoms with Gasteiger partial charge < -0.3 is 24.2 Å². The van der Waals surface area contributed by atoms with E-state index in [4.69, 9.17) is 14.2 Å². The van der Waals surface area contributed by atoms with Crippen LogP contribution in [0.3, 0.4) is 0 Å². The largest absolute Gasteiger partial charge is 0.507 e. The van der Waals surface area contributed by atoms with Gasteiger partial charge in [0.15, 0.2) is 11.5 Å². The number of aliphatic hydroxyl groups is 1. The number of ether oxygens (including phenoxy) is 3. The second kappa shape index (κ2) is 10.1. The highest BCUT2D eigenvalue weighted by atomic mass is 16.6. The Morgan fingerprint density at radius 2 is 1.86 bits per heavy atom. The van der Waals surface area contributed by atoms with Gasteiger partial charge in [-0.2, -0.15) is 0 Å². The molecule has 1 unspecified atom stereocenters. The smallest absolute Gasteiger partial charge is 0.295 e. The third-order valence-electron chi connectivity index (χ3n) is 6.10. The van der Waals surface area contributed by atoms with Crippen LogP contribution in [-0.4, -0.2) is 46.5 Å². The molecule has 5 rings (SSSR count). The molecule has 1 amide bonds. The van der Waals surface area contributed by atoms with Crippen molar-refractivity contribution in [2.45, 2.75) is 25.9 Å². The van der Waals surface area contributed by atoms with Gasteiger partial charge in [0, 0.05) is 24.5 Å². The summed E-state index contributed by atoms with van der Waals surface area (Å²) in [6.07, 6.45) is 4.17. The minimum Gasteiger partial charge on any atom is -0.507 e. The number of amides is 1. The van der Waals surface area contributed by atoms with E-state index in [9.17, 15) is 14.7 Å². The molecule has 0 radical (unpaired) electrons. The molecule has 1 fully saturated rings. The van der Waals surface area contributed by atoms with Gasteiger partial charge in [-0.05, 0) is 53.9 Å². The van der Waals surface area contributed by atoms with Crippen LogP contribution in [0.2, 0.25) is 0 Å². The molecule has 184 valence electrons. The van der Waals surface area contributed by atoms with Crippen LogP contribution in [0.25, 0.3) is 5.76 Å². The van der Waals surface area contributed by atoms with Crippen molar-refractivity contribution in [1.82, 2.24) is 9.88 Å². The Morgan fingerprint density at radius 1 is 1.08 bits per heavy atom. The normalized spacial score (nSPS) is 18.4. The number of rotatable bonds is 7. The van der Waals surface area contributed by atoms with Crippen LogP contribution < -0.4 is 14.2 Å². The molecular formula is C28H26N2O6. The lowest BCUT2D eigenvalue weighted by molar-refractivity contribution is -0.140. The molecule has 0 aliphatic carbocycles. The number of ketones is 1. The Labute approximate surface area is 208 Å². The number of hydrogen-bond donors (Lipinski definition) is 1. The summed E-state index contributed by atoms with van der Waals surface area (Å²) in [5.74, 6) is 0.0294. The minimum absolute atomic E-state index is 0.0165. The Morgan fingerprint density at radius 3 is 2.58 bits per heavy atom. The summed E-state index contributed by atoms with van der Waals surface area (Å²) in [5, 5.41) is 11.3. The first-order chi connectivity index (χ1) is 17.6. The topological polar surface area (TPSA) is 98.2 Å². The first-order valence-electron chi connectivity index (χ1n) is 11.9. The average Bonchev–Trinajstić information content (AvgIpc) is 3.17. The van der Waals surface area contributed by atoms with E-state index < -0.39 is 17.7 Å². The van der Waals surface area contributed by atoms with Crippen LogP contribution in [0.4, 0.5) is 0 Å². The number of aliphatic hydroxyl groups excluding tert-OH is 1. The molecule has 36 heavy (non-hydrogen) atoms. The second-order valence-corrected chi connectivity index (χ2v) is 8.56. The monoisotopic (exact) mass is 486 g/mol. The summed E-state index contributed by atoms with van der Waals surface area (Å²) in [5.41, 5.74) is 1.84. The van der Waals surface area contributed by atoms with Crippen molar-refractivity contribution in [3.63, 3.8) is 0 Å². The van der Waals surface area contributed by atoms with Gasteiger partial charge in [-0.3, -0.25) is 14.6 Å². The van der Waals surface area contributed by atoms with E-state index >= 15 is 0 Å². The fourth-order valence-corrected chi connectivity index (χ4v) is 4.39. The summed E-state index contributed by atoms with van der Waals surface area (Å²) in [6, 6.07) is 15.0. The molecule has 8 nitrogen and oxygen atoms in total. The highest BCUT2D eigenvalue weighted by Crippen LogP contribution is 2.42. The molecule has 1 aromatic heterocycles. The predicted octanol–water partition coefficient (Wildman–Crippen LogP) is 4.26. The number of nitrogens with zero attached hydrogens (tertiary/aromatic N) is 2. The number of carbonyl (C=O) groups excluding carboxylic acids is 2. The van der Waals surface area contributed by atoms with Gasteiger partial charge in [0.2, 0.25) is 0 Å². The number of Topliss-reactive ketones (excluding diaryl/α,β-unsaturated/α-hetero) is 1. The van der Waals surface area contributed by atoms with Crippen molar-refractivity contribution >= 4 is 17.4 Å². The van der Waals surface area contributed by atoms with Gasteiger partial charge in [-0.1, -0.05) is 25.1 Å². The van der Waals surface area contributed by atoms with Crippen LogP contribution in [0.5, 0.6) is 17.2 Å². The molecule has 8 heteroatoms. The van der Waals surface area contributed by atoms with Crippen LogP contribution in [-0.2, 0) is 16.1 Å². The molecule has 2 aromatic carbocycles. The third kappa shape index (κ3) is 4.49. The molecule has 1 saturated heterocycles. The van der Waals surface area contributed by atoms with Gasteiger partial charge in [0.25, 0.3) is 11.7 Å². The maximum absolute atomic E-state index is 13.3. The maximum Gasteiger partial charge on any atom is 0.295 e. The van der Waals surface area contributed by atoms with Crippen LogP contribution in [0, 0.1) is 0 Å². The molecule has 0 saturated carbocycles. The van der Waals surface area contributed by atoms with Gasteiger partial charge in [0.05, 0.1) is 18.2 Å². The standard InChI is InChI=1S/C28H26N2O6/c1-2-12-34-21-8-5-19(6-9-21)25-24(26(31)20-7-10-22-23(15-20)36-14-13-35-22)27(32)28(33)30(25)17-18-4-3-11-29-16-18/h3-11,15-16,25,31H,2,12-14,17H2,1H3/b26-24-. The van der Waals surface area contributed by atoms with Crippen molar-refractivity contribution in [1.29, 1.82) is 0 Å². The lowest BCUT2D eigenvalue weighted by Crippen LogP contribution is -2.29. The van der Waals surface area contributed by atoms with Gasteiger partial charge >= 0.3 is 0 Å². The summed E-state index contributed by atoms with van der Waals surface area (Å²) in [7, 11) is 0. The molecular weight excluding hydrogens is 460 g/mol. The van der Waals surface area contributed by atoms with Gasteiger partial charge in [0.1, 0.15) is 24.7 Å². The highest BCUT2D eigenvalue weighted by molar-refractivity contribution is 6.46. The molecule has 1 N–H and O–H groups in total. The Hall–Kier alpha value is -4.33. The summed E-state index contributed by atoms with van der Waals surface area (Å²) in [6.45, 7) is 3.60. The van der Waals surface area contributed by atoms with E-state index in [0.29, 0.717) is 48.2 Å². The Bertz CT molecular complexity index is 1300. The molecule has 2 aliphatic heterocycles. The third-order valence-corrected chi connectivity index (χ3v) is 6.10. The quantitative estimate of drug-likeness (QED) is 0.303. The van der Waals surface area contributed by atoms with Crippen LogP contribution in [0.1, 0.15) is 36.1 Å². The van der Waals surface area contributed by atoms with Crippen LogP contribution >= 0.6 is 0 Å². The van der Waals surface area contributed by atoms with E-state index in [1.165, 1.54) is 4.90 Å². The number of carbonyl (C=O) groups is 2. The van der Waals surface area contributed by atoms with E-state index in [1.54, 1.807) is 48.8 Å². The molecule has 2 aliphatic rings. The Balaban J connectivity index is 1.59. The number of pyridine rings is 1. The summed E-state index contributed by atoms with van der Waals surface area (Å²) < 4.78 is 16.9. The number of likely N-dealkylation sites (tertiary alicyclic amines) is 1. The molecule has 1 atom stereocenters. The van der Waals surface area contributed by atoms with Crippen molar-refractivity contribution in [2.24, 2.45) is 0 Å².